The summed E-state index contributed by atoms with van der Waals surface area (Å²) in [7, 11) is 0. The van der Waals surface area contributed by atoms with Crippen molar-refractivity contribution in [1.82, 2.24) is 4.98 Å². The van der Waals surface area contributed by atoms with E-state index in [2.05, 4.69) is 9.88 Å². The molecule has 0 unspecified atom stereocenters. The predicted octanol–water partition coefficient (Wildman–Crippen LogP) is 3.48. The van der Waals surface area contributed by atoms with E-state index in [4.69, 9.17) is 11.6 Å². The van der Waals surface area contributed by atoms with Crippen LogP contribution in [0.4, 0.5) is 5.69 Å². The molecule has 4 nitrogen and oxygen atoms in total. The van der Waals surface area contributed by atoms with Crippen LogP contribution in [0, 0.1) is 18.3 Å². The number of halogens is 1. The molecule has 1 N–H and O–H groups in total. The van der Waals surface area contributed by atoms with Crippen LogP contribution in [0.5, 0.6) is 0 Å². The molecule has 1 aliphatic rings. The average Bonchev–Trinajstić information content (AvgIpc) is 3.00. The number of H-pyrrole nitrogens is 1. The summed E-state index contributed by atoms with van der Waals surface area (Å²) in [5.74, 6) is 0. The van der Waals surface area contributed by atoms with Gasteiger partial charge in [-0.1, -0.05) is 17.7 Å². The van der Waals surface area contributed by atoms with Gasteiger partial charge in [0.2, 0.25) is 0 Å². The van der Waals surface area contributed by atoms with Gasteiger partial charge >= 0.3 is 0 Å². The maximum Gasteiger partial charge on any atom is 0.266 e. The molecular weight excluding hydrogens is 298 g/mol. The standard InChI is InChI=1S/C17H16ClN3O/c1-11-8-14(15(10-19)17(22)20-11)13-5-4-12(9-16(13)18)21-6-2-3-7-21/h4-5,8-9H,2-3,6-7H2,1H3,(H,20,22). The third-order valence-corrected chi connectivity index (χ3v) is 4.31. The number of nitrogens with one attached hydrogen (secondary N) is 1. The van der Waals surface area contributed by atoms with E-state index in [0.717, 1.165) is 24.3 Å². The molecule has 1 aromatic carbocycles. The van der Waals surface area contributed by atoms with Crippen molar-refractivity contribution in [2.24, 2.45) is 0 Å². The first kappa shape index (κ1) is 14.7. The number of aromatic nitrogens is 1. The summed E-state index contributed by atoms with van der Waals surface area (Å²) < 4.78 is 0. The van der Waals surface area contributed by atoms with Gasteiger partial charge in [-0.2, -0.15) is 5.26 Å². The molecule has 112 valence electrons. The first-order chi connectivity index (χ1) is 10.6. The second kappa shape index (κ2) is 5.86. The van der Waals surface area contributed by atoms with E-state index in [9.17, 15) is 10.1 Å². The van der Waals surface area contributed by atoms with Gasteiger partial charge < -0.3 is 9.88 Å². The molecule has 1 saturated heterocycles. The first-order valence-corrected chi connectivity index (χ1v) is 7.67. The van der Waals surface area contributed by atoms with Crippen LogP contribution in [0.25, 0.3) is 11.1 Å². The fourth-order valence-electron chi connectivity index (χ4n) is 2.91. The number of hydrogen-bond acceptors (Lipinski definition) is 3. The van der Waals surface area contributed by atoms with Gasteiger partial charge in [-0.05, 0) is 38.0 Å². The Hall–Kier alpha value is -2.25. The molecule has 1 aromatic heterocycles. The van der Waals surface area contributed by atoms with Crippen molar-refractivity contribution in [3.8, 4) is 17.2 Å². The SMILES string of the molecule is Cc1cc(-c2ccc(N3CCCC3)cc2Cl)c(C#N)c(=O)[nH]1. The van der Waals surface area contributed by atoms with E-state index < -0.39 is 0 Å². The number of nitriles is 1. The lowest BCUT2D eigenvalue weighted by Gasteiger charge is -2.19. The maximum atomic E-state index is 11.9. The molecule has 0 atom stereocenters. The second-order valence-electron chi connectivity index (χ2n) is 5.54. The van der Waals surface area contributed by atoms with Crippen LogP contribution in [0.1, 0.15) is 24.1 Å². The highest BCUT2D eigenvalue weighted by Gasteiger charge is 2.16. The summed E-state index contributed by atoms with van der Waals surface area (Å²) >= 11 is 6.43. The number of anilines is 1. The summed E-state index contributed by atoms with van der Waals surface area (Å²) in [6, 6.07) is 9.58. The van der Waals surface area contributed by atoms with Gasteiger partial charge in [0.25, 0.3) is 5.56 Å². The van der Waals surface area contributed by atoms with Gasteiger partial charge in [-0.15, -0.1) is 0 Å². The van der Waals surface area contributed by atoms with E-state index in [0.29, 0.717) is 16.3 Å². The topological polar surface area (TPSA) is 59.9 Å². The predicted molar refractivity (Wildman–Crippen MR) is 88.4 cm³/mol. The zero-order valence-electron chi connectivity index (χ0n) is 12.3. The number of nitrogens with zero attached hydrogens (tertiary/aromatic N) is 2. The number of aryl methyl sites for hydroxylation is 1. The third kappa shape index (κ3) is 2.60. The molecule has 22 heavy (non-hydrogen) atoms. The Morgan fingerprint density at radius 2 is 1.95 bits per heavy atom. The summed E-state index contributed by atoms with van der Waals surface area (Å²) in [6.07, 6.45) is 2.40. The minimum Gasteiger partial charge on any atom is -0.371 e. The van der Waals surface area contributed by atoms with Gasteiger partial charge in [-0.3, -0.25) is 4.79 Å². The zero-order chi connectivity index (χ0) is 15.7. The highest BCUT2D eigenvalue weighted by molar-refractivity contribution is 6.33. The molecule has 0 radical (unpaired) electrons. The molecule has 2 aromatic rings. The second-order valence-corrected chi connectivity index (χ2v) is 5.95. The number of rotatable bonds is 2. The van der Waals surface area contributed by atoms with Crippen molar-refractivity contribution in [3.63, 3.8) is 0 Å². The fourth-order valence-corrected chi connectivity index (χ4v) is 3.18. The highest BCUT2D eigenvalue weighted by atomic mass is 35.5. The Kier molecular flexibility index (Phi) is 3.91. The monoisotopic (exact) mass is 313 g/mol. The molecule has 3 rings (SSSR count). The van der Waals surface area contributed by atoms with E-state index in [1.807, 2.05) is 24.3 Å². The van der Waals surface area contributed by atoms with Crippen LogP contribution in [0.15, 0.2) is 29.1 Å². The number of benzene rings is 1. The molecular formula is C17H16ClN3O. The Balaban J connectivity index is 2.10. The summed E-state index contributed by atoms with van der Waals surface area (Å²) in [5.41, 5.74) is 2.82. The quantitative estimate of drug-likeness (QED) is 0.923. The fraction of sp³-hybridized carbons (Fsp3) is 0.294. The van der Waals surface area contributed by atoms with Crippen LogP contribution in [-0.4, -0.2) is 18.1 Å². The van der Waals surface area contributed by atoms with E-state index in [-0.39, 0.29) is 11.1 Å². The number of aromatic amines is 1. The molecule has 0 amide bonds. The summed E-state index contributed by atoms with van der Waals surface area (Å²) in [4.78, 5) is 16.9. The Bertz CT molecular complexity index is 814. The van der Waals surface area contributed by atoms with Crippen molar-refractivity contribution in [1.29, 1.82) is 5.26 Å². The lowest BCUT2D eigenvalue weighted by Crippen LogP contribution is -2.17. The largest absolute Gasteiger partial charge is 0.371 e. The zero-order valence-corrected chi connectivity index (χ0v) is 13.1. The highest BCUT2D eigenvalue weighted by Crippen LogP contribution is 2.33. The minimum atomic E-state index is -0.378. The van der Waals surface area contributed by atoms with Gasteiger partial charge in [0.05, 0.1) is 5.02 Å². The minimum absolute atomic E-state index is 0.0985. The molecule has 0 saturated carbocycles. The van der Waals surface area contributed by atoms with Crippen molar-refractivity contribution in [2.45, 2.75) is 19.8 Å². The van der Waals surface area contributed by atoms with Crippen LogP contribution in [0.3, 0.4) is 0 Å². The lowest BCUT2D eigenvalue weighted by molar-refractivity contribution is 0.949. The summed E-state index contributed by atoms with van der Waals surface area (Å²) in [5, 5.41) is 9.81. The van der Waals surface area contributed by atoms with Crippen molar-refractivity contribution in [3.05, 3.63) is 50.9 Å². The van der Waals surface area contributed by atoms with Gasteiger partial charge in [0, 0.05) is 35.6 Å². The van der Waals surface area contributed by atoms with Crippen LogP contribution in [-0.2, 0) is 0 Å². The van der Waals surface area contributed by atoms with E-state index in [1.54, 1.807) is 13.0 Å². The van der Waals surface area contributed by atoms with Crippen LogP contribution in [0.2, 0.25) is 5.02 Å². The Morgan fingerprint density at radius 1 is 1.23 bits per heavy atom. The molecule has 0 aliphatic carbocycles. The van der Waals surface area contributed by atoms with E-state index in [1.165, 1.54) is 12.8 Å². The first-order valence-electron chi connectivity index (χ1n) is 7.29. The molecule has 1 fully saturated rings. The molecule has 0 bridgehead atoms. The Morgan fingerprint density at radius 3 is 2.59 bits per heavy atom. The smallest absolute Gasteiger partial charge is 0.266 e. The number of pyridine rings is 1. The van der Waals surface area contributed by atoms with Crippen molar-refractivity contribution >= 4 is 17.3 Å². The maximum absolute atomic E-state index is 11.9. The average molecular weight is 314 g/mol. The van der Waals surface area contributed by atoms with Crippen molar-refractivity contribution in [2.75, 3.05) is 18.0 Å². The van der Waals surface area contributed by atoms with E-state index >= 15 is 0 Å². The molecule has 1 aliphatic heterocycles. The van der Waals surface area contributed by atoms with Gasteiger partial charge in [0.15, 0.2) is 0 Å². The van der Waals surface area contributed by atoms with Gasteiger partial charge in [0.1, 0.15) is 11.6 Å². The molecule has 0 spiro atoms. The third-order valence-electron chi connectivity index (χ3n) is 3.99. The number of hydrogen-bond donors (Lipinski definition) is 1. The summed E-state index contributed by atoms with van der Waals surface area (Å²) in [6.45, 7) is 3.88. The van der Waals surface area contributed by atoms with Gasteiger partial charge in [-0.25, -0.2) is 0 Å². The lowest BCUT2D eigenvalue weighted by atomic mass is 10.0. The van der Waals surface area contributed by atoms with Crippen LogP contribution >= 0.6 is 11.6 Å². The molecule has 5 heteroatoms. The normalized spacial score (nSPS) is 14.1. The van der Waals surface area contributed by atoms with Crippen molar-refractivity contribution < 1.29 is 0 Å². The molecule has 2 heterocycles. The Labute approximate surface area is 134 Å². The van der Waals surface area contributed by atoms with Crippen LogP contribution < -0.4 is 10.5 Å².